The van der Waals surface area contributed by atoms with Crippen molar-refractivity contribution in [2.75, 3.05) is 11.9 Å². The van der Waals surface area contributed by atoms with Crippen molar-refractivity contribution in [3.8, 4) is 0 Å². The number of anilines is 1. The summed E-state index contributed by atoms with van der Waals surface area (Å²) in [6.45, 7) is 1.03. The second kappa shape index (κ2) is 7.32. The Balaban J connectivity index is 1.40. The van der Waals surface area contributed by atoms with Gasteiger partial charge in [-0.05, 0) is 29.8 Å². The van der Waals surface area contributed by atoms with Crippen molar-refractivity contribution >= 4 is 28.3 Å². The SMILES string of the molecule is O=C(Nc1nc2c(s1)CN(C(=O)Cc1ccc(F)cc1)CC2)c1ccco1. The minimum atomic E-state index is -0.352. The molecule has 27 heavy (non-hydrogen) atoms. The lowest BCUT2D eigenvalue weighted by Crippen LogP contribution is -2.36. The van der Waals surface area contributed by atoms with Gasteiger partial charge in [0.2, 0.25) is 5.91 Å². The monoisotopic (exact) mass is 385 g/mol. The second-order valence-electron chi connectivity index (χ2n) is 6.19. The number of thiazole rings is 1. The highest BCUT2D eigenvalue weighted by Gasteiger charge is 2.25. The summed E-state index contributed by atoms with van der Waals surface area (Å²) >= 11 is 1.36. The summed E-state index contributed by atoms with van der Waals surface area (Å²) < 4.78 is 18.1. The number of halogens is 1. The van der Waals surface area contributed by atoms with Gasteiger partial charge in [0.05, 0.1) is 24.9 Å². The molecule has 3 heterocycles. The van der Waals surface area contributed by atoms with E-state index in [0.29, 0.717) is 24.6 Å². The molecule has 3 aromatic rings. The Labute approximate surface area is 158 Å². The highest BCUT2D eigenvalue weighted by atomic mass is 32.1. The topological polar surface area (TPSA) is 75.4 Å². The molecule has 138 valence electrons. The summed E-state index contributed by atoms with van der Waals surface area (Å²) in [5.74, 6) is -0.459. The summed E-state index contributed by atoms with van der Waals surface area (Å²) in [4.78, 5) is 31.8. The molecule has 1 aromatic carbocycles. The van der Waals surface area contributed by atoms with Crippen LogP contribution in [-0.2, 0) is 24.2 Å². The van der Waals surface area contributed by atoms with Crippen LogP contribution in [0.25, 0.3) is 0 Å². The molecule has 0 saturated carbocycles. The van der Waals surface area contributed by atoms with E-state index in [-0.39, 0.29) is 29.8 Å². The fourth-order valence-corrected chi connectivity index (χ4v) is 3.94. The third kappa shape index (κ3) is 3.90. The van der Waals surface area contributed by atoms with Crippen molar-refractivity contribution in [1.29, 1.82) is 0 Å². The molecular weight excluding hydrogens is 369 g/mol. The number of fused-ring (bicyclic) bond motifs is 1. The average molecular weight is 385 g/mol. The number of amides is 2. The van der Waals surface area contributed by atoms with Crippen LogP contribution in [0.15, 0.2) is 47.1 Å². The van der Waals surface area contributed by atoms with Crippen LogP contribution >= 0.6 is 11.3 Å². The molecule has 0 fully saturated rings. The predicted octanol–water partition coefficient (Wildman–Crippen LogP) is 3.25. The number of hydrogen-bond donors (Lipinski definition) is 1. The zero-order valence-corrected chi connectivity index (χ0v) is 15.1. The lowest BCUT2D eigenvalue weighted by atomic mass is 10.1. The molecule has 1 aliphatic heterocycles. The number of hydrogen-bond acceptors (Lipinski definition) is 5. The molecule has 1 N–H and O–H groups in total. The first kappa shape index (κ1) is 17.4. The number of aromatic nitrogens is 1. The van der Waals surface area contributed by atoms with E-state index in [2.05, 4.69) is 10.3 Å². The highest BCUT2D eigenvalue weighted by Crippen LogP contribution is 2.29. The Kier molecular flexibility index (Phi) is 4.72. The van der Waals surface area contributed by atoms with Gasteiger partial charge in [-0.25, -0.2) is 9.37 Å². The number of rotatable bonds is 4. The van der Waals surface area contributed by atoms with Gasteiger partial charge < -0.3 is 9.32 Å². The highest BCUT2D eigenvalue weighted by molar-refractivity contribution is 7.15. The molecule has 6 nitrogen and oxygen atoms in total. The maximum absolute atomic E-state index is 13.0. The zero-order valence-electron chi connectivity index (χ0n) is 14.3. The Morgan fingerprint density at radius 2 is 2.07 bits per heavy atom. The molecule has 1 aliphatic rings. The van der Waals surface area contributed by atoms with Gasteiger partial charge in [0.1, 0.15) is 5.82 Å². The van der Waals surface area contributed by atoms with Crippen molar-refractivity contribution in [3.63, 3.8) is 0 Å². The lowest BCUT2D eigenvalue weighted by Gasteiger charge is -2.26. The number of carbonyl (C=O) groups is 2. The largest absolute Gasteiger partial charge is 0.459 e. The van der Waals surface area contributed by atoms with Gasteiger partial charge in [-0.15, -0.1) is 0 Å². The third-order valence-electron chi connectivity index (χ3n) is 4.32. The van der Waals surface area contributed by atoms with Crippen LogP contribution < -0.4 is 5.32 Å². The molecule has 2 aromatic heterocycles. The fraction of sp³-hybridized carbons (Fsp3) is 0.211. The van der Waals surface area contributed by atoms with E-state index in [0.717, 1.165) is 16.1 Å². The van der Waals surface area contributed by atoms with Crippen molar-refractivity contribution in [1.82, 2.24) is 9.88 Å². The molecule has 0 saturated heterocycles. The van der Waals surface area contributed by atoms with Crippen LogP contribution in [0, 0.1) is 5.82 Å². The standard InChI is InChI=1S/C19H16FN3O3S/c20-13-5-3-12(4-6-13)10-17(24)23-8-7-14-16(11-23)27-19(21-14)22-18(25)15-2-1-9-26-15/h1-6,9H,7-8,10-11H2,(H,21,22,25). The molecule has 0 atom stereocenters. The molecule has 8 heteroatoms. The predicted molar refractivity (Wildman–Crippen MR) is 98.0 cm³/mol. The van der Waals surface area contributed by atoms with Crippen LogP contribution in [0.2, 0.25) is 0 Å². The molecular formula is C19H16FN3O3S. The minimum absolute atomic E-state index is 0.0122. The van der Waals surface area contributed by atoms with E-state index in [1.54, 1.807) is 29.2 Å². The van der Waals surface area contributed by atoms with Crippen LogP contribution in [0.1, 0.15) is 26.7 Å². The van der Waals surface area contributed by atoms with Gasteiger partial charge >= 0.3 is 0 Å². The van der Waals surface area contributed by atoms with Crippen LogP contribution in [0.4, 0.5) is 9.52 Å². The Morgan fingerprint density at radius 1 is 1.26 bits per heavy atom. The summed E-state index contributed by atoms with van der Waals surface area (Å²) in [6, 6.07) is 9.18. The van der Waals surface area contributed by atoms with Gasteiger partial charge in [0.25, 0.3) is 5.91 Å². The number of nitrogens with one attached hydrogen (secondary N) is 1. The van der Waals surface area contributed by atoms with Gasteiger partial charge in [-0.2, -0.15) is 0 Å². The zero-order chi connectivity index (χ0) is 18.8. The van der Waals surface area contributed by atoms with Crippen molar-refractivity contribution in [2.24, 2.45) is 0 Å². The summed E-state index contributed by atoms with van der Waals surface area (Å²) in [7, 11) is 0. The van der Waals surface area contributed by atoms with Crippen molar-refractivity contribution in [2.45, 2.75) is 19.4 Å². The first-order valence-electron chi connectivity index (χ1n) is 8.44. The quantitative estimate of drug-likeness (QED) is 0.748. The van der Waals surface area contributed by atoms with Crippen molar-refractivity contribution in [3.05, 3.63) is 70.4 Å². The molecule has 2 amide bonds. The molecule has 0 radical (unpaired) electrons. The lowest BCUT2D eigenvalue weighted by molar-refractivity contribution is -0.131. The summed E-state index contributed by atoms with van der Waals surface area (Å²) in [5.41, 5.74) is 1.68. The second-order valence-corrected chi connectivity index (χ2v) is 7.27. The Hall–Kier alpha value is -3.00. The molecule has 0 spiro atoms. The molecule has 0 unspecified atom stereocenters. The van der Waals surface area contributed by atoms with Crippen LogP contribution in [-0.4, -0.2) is 28.2 Å². The Morgan fingerprint density at radius 3 is 2.81 bits per heavy atom. The Bertz CT molecular complexity index is 967. The molecule has 0 bridgehead atoms. The number of carbonyl (C=O) groups excluding carboxylic acids is 2. The summed E-state index contributed by atoms with van der Waals surface area (Å²) in [6.07, 6.45) is 2.31. The van der Waals surface area contributed by atoms with Crippen LogP contribution in [0.5, 0.6) is 0 Å². The number of furan rings is 1. The third-order valence-corrected chi connectivity index (χ3v) is 5.32. The van der Waals surface area contributed by atoms with Gasteiger partial charge in [0, 0.05) is 17.8 Å². The normalized spacial score (nSPS) is 13.3. The van der Waals surface area contributed by atoms with E-state index in [1.807, 2.05) is 0 Å². The van der Waals surface area contributed by atoms with E-state index in [9.17, 15) is 14.0 Å². The van der Waals surface area contributed by atoms with Gasteiger partial charge in [0.15, 0.2) is 10.9 Å². The van der Waals surface area contributed by atoms with E-state index < -0.39 is 0 Å². The molecule has 0 aliphatic carbocycles. The van der Waals surface area contributed by atoms with Gasteiger partial charge in [-0.1, -0.05) is 23.5 Å². The van der Waals surface area contributed by atoms with Gasteiger partial charge in [-0.3, -0.25) is 14.9 Å². The number of nitrogens with zero attached hydrogens (tertiary/aromatic N) is 2. The van der Waals surface area contributed by atoms with E-state index >= 15 is 0 Å². The van der Waals surface area contributed by atoms with Crippen LogP contribution in [0.3, 0.4) is 0 Å². The average Bonchev–Trinajstić information content (AvgIpc) is 3.32. The first-order valence-corrected chi connectivity index (χ1v) is 9.26. The number of benzene rings is 1. The van der Waals surface area contributed by atoms with E-state index in [1.165, 1.54) is 29.7 Å². The maximum Gasteiger partial charge on any atom is 0.293 e. The smallest absolute Gasteiger partial charge is 0.293 e. The van der Waals surface area contributed by atoms with Crippen molar-refractivity contribution < 1.29 is 18.4 Å². The summed E-state index contributed by atoms with van der Waals surface area (Å²) in [5, 5.41) is 3.22. The minimum Gasteiger partial charge on any atom is -0.459 e. The fourth-order valence-electron chi connectivity index (χ4n) is 2.92. The van der Waals surface area contributed by atoms with E-state index in [4.69, 9.17) is 4.42 Å². The molecule has 4 rings (SSSR count). The first-order chi connectivity index (χ1) is 13.1. The maximum atomic E-state index is 13.0.